The third-order valence-electron chi connectivity index (χ3n) is 5.07. The van der Waals surface area contributed by atoms with E-state index < -0.39 is 0 Å². The van der Waals surface area contributed by atoms with Crippen molar-refractivity contribution in [2.75, 3.05) is 19.8 Å². The van der Waals surface area contributed by atoms with E-state index in [1.165, 1.54) is 16.3 Å². The second-order valence-electron chi connectivity index (χ2n) is 6.52. The number of ether oxygens (including phenoxy) is 1. The Hall–Kier alpha value is -1.38. The number of benzene rings is 2. The van der Waals surface area contributed by atoms with Crippen LogP contribution in [-0.4, -0.2) is 19.8 Å². The molecule has 106 valence electrons. The van der Waals surface area contributed by atoms with Crippen LogP contribution in [-0.2, 0) is 10.2 Å². The van der Waals surface area contributed by atoms with E-state index in [1.807, 2.05) is 0 Å². The zero-order valence-electron chi connectivity index (χ0n) is 12.4. The minimum atomic E-state index is 0.0905. The van der Waals surface area contributed by atoms with Crippen LogP contribution in [0.5, 0.6) is 0 Å². The molecule has 2 heteroatoms. The van der Waals surface area contributed by atoms with E-state index in [1.54, 1.807) is 0 Å². The van der Waals surface area contributed by atoms with Crippen LogP contribution in [0.1, 0.15) is 25.8 Å². The number of rotatable bonds is 4. The molecule has 2 nitrogen and oxygen atoms in total. The first-order chi connectivity index (χ1) is 9.61. The van der Waals surface area contributed by atoms with Crippen molar-refractivity contribution in [1.82, 2.24) is 0 Å². The molecule has 0 bridgehead atoms. The van der Waals surface area contributed by atoms with Crippen molar-refractivity contribution in [3.63, 3.8) is 0 Å². The molecule has 1 saturated heterocycles. The summed E-state index contributed by atoms with van der Waals surface area (Å²) in [5.74, 6) is 0. The molecule has 0 unspecified atom stereocenters. The predicted molar refractivity (Wildman–Crippen MR) is 83.9 cm³/mol. The maximum absolute atomic E-state index is 5.84. The zero-order valence-corrected chi connectivity index (χ0v) is 12.4. The molecule has 2 aromatic carbocycles. The maximum Gasteiger partial charge on any atom is 0.0591 e. The average Bonchev–Trinajstić information content (AvgIpc) is 2.37. The molecule has 3 rings (SSSR count). The van der Waals surface area contributed by atoms with E-state index in [-0.39, 0.29) is 10.8 Å². The first-order valence-corrected chi connectivity index (χ1v) is 7.37. The summed E-state index contributed by atoms with van der Waals surface area (Å²) < 4.78 is 5.63. The summed E-state index contributed by atoms with van der Waals surface area (Å²) in [7, 11) is 0. The Bertz CT molecular complexity index is 608. The van der Waals surface area contributed by atoms with Crippen molar-refractivity contribution in [2.24, 2.45) is 11.1 Å². The highest BCUT2D eigenvalue weighted by molar-refractivity contribution is 5.87. The van der Waals surface area contributed by atoms with Crippen molar-refractivity contribution in [3.8, 4) is 0 Å². The van der Waals surface area contributed by atoms with Crippen LogP contribution in [0.3, 0.4) is 0 Å². The van der Waals surface area contributed by atoms with Gasteiger partial charge in [-0.2, -0.15) is 0 Å². The molecule has 0 saturated carbocycles. The summed E-state index contributed by atoms with van der Waals surface area (Å²) in [6.45, 7) is 6.97. The number of hydrogen-bond donors (Lipinski definition) is 1. The molecule has 0 spiro atoms. The molecule has 20 heavy (non-hydrogen) atoms. The van der Waals surface area contributed by atoms with Gasteiger partial charge in [0.25, 0.3) is 0 Å². The molecule has 0 amide bonds. The third-order valence-corrected chi connectivity index (χ3v) is 5.07. The summed E-state index contributed by atoms with van der Waals surface area (Å²) in [6.07, 6.45) is 1.01. The van der Waals surface area contributed by atoms with Crippen molar-refractivity contribution >= 4 is 10.8 Å². The fourth-order valence-corrected chi connectivity index (χ4v) is 3.46. The maximum atomic E-state index is 5.84. The second-order valence-corrected chi connectivity index (χ2v) is 6.52. The van der Waals surface area contributed by atoms with Gasteiger partial charge in [0.1, 0.15) is 0 Å². The SMILES string of the molecule is CC(C)(CCN)C1(c2cccc3ccccc23)COC1. The smallest absolute Gasteiger partial charge is 0.0591 e. The molecule has 1 aliphatic rings. The molecule has 0 aliphatic carbocycles. The Kier molecular flexibility index (Phi) is 3.31. The Labute approximate surface area is 120 Å². The molecular formula is C18H23NO. The van der Waals surface area contributed by atoms with E-state index in [0.717, 1.165) is 26.2 Å². The number of nitrogens with two attached hydrogens (primary N) is 1. The Morgan fingerprint density at radius 1 is 1.10 bits per heavy atom. The summed E-state index contributed by atoms with van der Waals surface area (Å²) in [6, 6.07) is 15.2. The summed E-state index contributed by atoms with van der Waals surface area (Å²) in [5, 5.41) is 2.66. The highest BCUT2D eigenvalue weighted by Gasteiger charge is 2.52. The standard InChI is InChI=1S/C18H23NO/c1-17(2,10-11-19)18(12-20-13-18)16-9-5-7-14-6-3-4-8-15(14)16/h3-9H,10-13,19H2,1-2H3. The van der Waals surface area contributed by atoms with E-state index in [0.29, 0.717) is 0 Å². The van der Waals surface area contributed by atoms with Crippen molar-refractivity contribution < 1.29 is 4.74 Å². The van der Waals surface area contributed by atoms with E-state index in [9.17, 15) is 0 Å². The fraction of sp³-hybridized carbons (Fsp3) is 0.444. The number of hydrogen-bond acceptors (Lipinski definition) is 2. The van der Waals surface area contributed by atoms with E-state index in [2.05, 4.69) is 56.3 Å². The van der Waals surface area contributed by atoms with E-state index in [4.69, 9.17) is 10.5 Å². The normalized spacial score (nSPS) is 17.9. The molecular weight excluding hydrogens is 246 g/mol. The van der Waals surface area contributed by atoms with Gasteiger partial charge in [-0.15, -0.1) is 0 Å². The van der Waals surface area contributed by atoms with Crippen LogP contribution >= 0.6 is 0 Å². The van der Waals surface area contributed by atoms with Crippen LogP contribution in [0.4, 0.5) is 0 Å². The largest absolute Gasteiger partial charge is 0.379 e. The molecule has 1 aliphatic heterocycles. The van der Waals surface area contributed by atoms with Crippen LogP contribution in [0.25, 0.3) is 10.8 Å². The second kappa shape index (κ2) is 4.87. The van der Waals surface area contributed by atoms with Gasteiger partial charge >= 0.3 is 0 Å². The van der Waals surface area contributed by atoms with Gasteiger partial charge in [0, 0.05) is 5.41 Å². The van der Waals surface area contributed by atoms with Gasteiger partial charge in [-0.3, -0.25) is 0 Å². The lowest BCUT2D eigenvalue weighted by atomic mass is 9.58. The van der Waals surface area contributed by atoms with Gasteiger partial charge in [-0.05, 0) is 34.7 Å². The lowest BCUT2D eigenvalue weighted by Crippen LogP contribution is -2.57. The van der Waals surface area contributed by atoms with Gasteiger partial charge in [-0.25, -0.2) is 0 Å². The Balaban J connectivity index is 2.17. The topological polar surface area (TPSA) is 35.2 Å². The quantitative estimate of drug-likeness (QED) is 0.922. The minimum absolute atomic E-state index is 0.0905. The molecule has 1 fully saturated rings. The van der Waals surface area contributed by atoms with Crippen LogP contribution in [0.2, 0.25) is 0 Å². The molecule has 1 heterocycles. The van der Waals surface area contributed by atoms with Gasteiger partial charge in [0.2, 0.25) is 0 Å². The Morgan fingerprint density at radius 2 is 1.80 bits per heavy atom. The summed E-state index contributed by atoms with van der Waals surface area (Å²) in [5.41, 5.74) is 7.49. The molecule has 2 N–H and O–H groups in total. The van der Waals surface area contributed by atoms with Gasteiger partial charge in [0.05, 0.1) is 13.2 Å². The first-order valence-electron chi connectivity index (χ1n) is 7.37. The zero-order chi connectivity index (χ0) is 14.2. The molecule has 0 atom stereocenters. The predicted octanol–water partition coefficient (Wildman–Crippen LogP) is 3.48. The lowest BCUT2D eigenvalue weighted by Gasteiger charge is -2.53. The van der Waals surface area contributed by atoms with Crippen LogP contribution < -0.4 is 5.73 Å². The molecule has 0 radical (unpaired) electrons. The minimum Gasteiger partial charge on any atom is -0.379 e. The first kappa shape index (κ1) is 13.6. The summed E-state index contributed by atoms with van der Waals surface area (Å²) >= 11 is 0. The lowest BCUT2D eigenvalue weighted by molar-refractivity contribution is -0.120. The fourth-order valence-electron chi connectivity index (χ4n) is 3.46. The summed E-state index contributed by atoms with van der Waals surface area (Å²) in [4.78, 5) is 0. The van der Waals surface area contributed by atoms with Crippen molar-refractivity contribution in [2.45, 2.75) is 25.7 Å². The monoisotopic (exact) mass is 269 g/mol. The third kappa shape index (κ3) is 1.87. The molecule has 2 aromatic rings. The van der Waals surface area contributed by atoms with Gasteiger partial charge in [-0.1, -0.05) is 56.3 Å². The van der Waals surface area contributed by atoms with Gasteiger partial charge < -0.3 is 10.5 Å². The van der Waals surface area contributed by atoms with Crippen molar-refractivity contribution in [1.29, 1.82) is 0 Å². The van der Waals surface area contributed by atoms with Gasteiger partial charge in [0.15, 0.2) is 0 Å². The molecule has 0 aromatic heterocycles. The average molecular weight is 269 g/mol. The van der Waals surface area contributed by atoms with Crippen LogP contribution in [0.15, 0.2) is 42.5 Å². The van der Waals surface area contributed by atoms with Crippen LogP contribution in [0, 0.1) is 5.41 Å². The van der Waals surface area contributed by atoms with E-state index >= 15 is 0 Å². The van der Waals surface area contributed by atoms with Crippen molar-refractivity contribution in [3.05, 3.63) is 48.0 Å². The highest BCUT2D eigenvalue weighted by atomic mass is 16.5. The Morgan fingerprint density at radius 3 is 2.45 bits per heavy atom. The highest BCUT2D eigenvalue weighted by Crippen LogP contribution is 2.50. The number of fused-ring (bicyclic) bond motifs is 1.